The van der Waals surface area contributed by atoms with Crippen LogP contribution < -0.4 is 15.4 Å². The summed E-state index contributed by atoms with van der Waals surface area (Å²) in [6.45, 7) is 3.33. The van der Waals surface area contributed by atoms with Crippen molar-refractivity contribution in [2.45, 2.75) is 20.0 Å². The lowest BCUT2D eigenvalue weighted by Gasteiger charge is -2.15. The maximum atomic E-state index is 11.9. The highest BCUT2D eigenvalue weighted by Crippen LogP contribution is 2.20. The lowest BCUT2D eigenvalue weighted by Crippen LogP contribution is -2.42. The summed E-state index contributed by atoms with van der Waals surface area (Å²) in [5.74, 6) is 1.40. The number of halogens is 1. The molecule has 0 spiro atoms. The van der Waals surface area contributed by atoms with Crippen molar-refractivity contribution in [1.82, 2.24) is 15.5 Å². The van der Waals surface area contributed by atoms with Crippen LogP contribution in [0, 0.1) is 6.92 Å². The average molecular weight is 502 g/mol. The Morgan fingerprint density at radius 2 is 2.04 bits per heavy atom. The van der Waals surface area contributed by atoms with Gasteiger partial charge < -0.3 is 20.3 Å². The van der Waals surface area contributed by atoms with Crippen LogP contribution in [0.15, 0.2) is 40.7 Å². The number of likely N-dealkylation sites (N-methyl/N-ethyl adjacent to an activating group) is 1. The minimum absolute atomic E-state index is 0. The van der Waals surface area contributed by atoms with E-state index >= 15 is 0 Å². The van der Waals surface area contributed by atoms with Crippen LogP contribution in [0.1, 0.15) is 16.0 Å². The number of rotatable bonds is 7. The van der Waals surface area contributed by atoms with E-state index in [1.165, 1.54) is 4.88 Å². The third kappa shape index (κ3) is 7.76. The largest absolute Gasteiger partial charge is 0.496 e. The summed E-state index contributed by atoms with van der Waals surface area (Å²) >= 11 is 1.68. The summed E-state index contributed by atoms with van der Waals surface area (Å²) in [5, 5.41) is 8.40. The van der Waals surface area contributed by atoms with E-state index in [0.29, 0.717) is 19.0 Å². The number of carbonyl (C=O) groups excluding carboxylic acids is 1. The van der Waals surface area contributed by atoms with Crippen molar-refractivity contribution in [3.8, 4) is 5.75 Å². The van der Waals surface area contributed by atoms with Gasteiger partial charge in [-0.3, -0.25) is 4.79 Å². The normalized spacial score (nSPS) is 10.7. The van der Waals surface area contributed by atoms with Gasteiger partial charge in [0.05, 0.1) is 26.7 Å². The molecule has 148 valence electrons. The summed E-state index contributed by atoms with van der Waals surface area (Å²) in [6.07, 6.45) is 0. The van der Waals surface area contributed by atoms with Crippen molar-refractivity contribution in [2.75, 3.05) is 27.7 Å². The maximum absolute atomic E-state index is 11.9. The summed E-state index contributed by atoms with van der Waals surface area (Å²) in [6, 6.07) is 10.1. The Balaban J connectivity index is 0.00000364. The number of carbonyl (C=O) groups is 1. The molecule has 2 rings (SSSR count). The molecule has 0 saturated carbocycles. The fraction of sp³-hybridized carbons (Fsp3) is 0.368. The predicted molar refractivity (Wildman–Crippen MR) is 122 cm³/mol. The van der Waals surface area contributed by atoms with Crippen molar-refractivity contribution in [2.24, 2.45) is 4.99 Å². The topological polar surface area (TPSA) is 66.0 Å². The molecule has 1 heterocycles. The number of methoxy groups -OCH3 is 1. The number of amides is 1. The predicted octanol–water partition coefficient (Wildman–Crippen LogP) is 3.01. The van der Waals surface area contributed by atoms with Gasteiger partial charge in [-0.1, -0.05) is 18.2 Å². The van der Waals surface area contributed by atoms with Gasteiger partial charge in [0.1, 0.15) is 5.75 Å². The third-order valence-corrected chi connectivity index (χ3v) is 4.64. The second-order valence-corrected chi connectivity index (χ2v) is 7.09. The molecule has 1 aromatic carbocycles. The minimum atomic E-state index is -0.0106. The third-order valence-electron chi connectivity index (χ3n) is 3.77. The highest BCUT2D eigenvalue weighted by molar-refractivity contribution is 14.0. The molecule has 0 unspecified atom stereocenters. The standard InChI is InChI=1S/C19H26N4O2S.HI/c1-14-7-8-15(17(10-14)25-4)11-20-19(22-13-18(24)23(2)3)21-12-16-6-5-9-26-16;/h5-10H,11-13H2,1-4H3,(H2,20,21,22);1H. The molecule has 0 radical (unpaired) electrons. The molecule has 27 heavy (non-hydrogen) atoms. The molecule has 0 bridgehead atoms. The molecule has 0 aliphatic carbocycles. The summed E-state index contributed by atoms with van der Waals surface area (Å²) in [5.41, 5.74) is 2.13. The van der Waals surface area contributed by atoms with Crippen LogP contribution in [0.5, 0.6) is 5.75 Å². The molecule has 1 aromatic heterocycles. The van der Waals surface area contributed by atoms with Gasteiger partial charge in [0.25, 0.3) is 0 Å². The van der Waals surface area contributed by atoms with E-state index in [4.69, 9.17) is 4.74 Å². The van der Waals surface area contributed by atoms with E-state index in [1.807, 2.05) is 36.6 Å². The number of nitrogens with zero attached hydrogens (tertiary/aromatic N) is 2. The van der Waals surface area contributed by atoms with Gasteiger partial charge in [0.2, 0.25) is 5.91 Å². The molecule has 2 aromatic rings. The van der Waals surface area contributed by atoms with Gasteiger partial charge >= 0.3 is 0 Å². The van der Waals surface area contributed by atoms with Crippen LogP contribution in [0.4, 0.5) is 0 Å². The number of aryl methyl sites for hydroxylation is 1. The van der Waals surface area contributed by atoms with E-state index < -0.39 is 0 Å². The maximum Gasteiger partial charge on any atom is 0.241 e. The highest BCUT2D eigenvalue weighted by Gasteiger charge is 2.08. The molecular weight excluding hydrogens is 475 g/mol. The number of guanidine groups is 1. The molecule has 0 atom stereocenters. The molecule has 0 saturated heterocycles. The van der Waals surface area contributed by atoms with E-state index in [1.54, 1.807) is 37.4 Å². The zero-order valence-electron chi connectivity index (χ0n) is 16.1. The molecule has 1 amide bonds. The van der Waals surface area contributed by atoms with E-state index in [9.17, 15) is 4.79 Å². The first kappa shape index (κ1) is 23.2. The smallest absolute Gasteiger partial charge is 0.241 e. The van der Waals surface area contributed by atoms with Crippen LogP contribution in [-0.2, 0) is 17.9 Å². The quantitative estimate of drug-likeness (QED) is 0.347. The van der Waals surface area contributed by atoms with Crippen LogP contribution in [0.2, 0.25) is 0 Å². The first-order chi connectivity index (χ1) is 12.5. The van der Waals surface area contributed by atoms with Gasteiger partial charge in [0, 0.05) is 24.5 Å². The number of benzene rings is 1. The first-order valence-electron chi connectivity index (χ1n) is 8.38. The Morgan fingerprint density at radius 3 is 2.67 bits per heavy atom. The molecule has 0 fully saturated rings. The molecule has 6 nitrogen and oxygen atoms in total. The number of nitrogens with one attached hydrogen (secondary N) is 2. The monoisotopic (exact) mass is 502 g/mol. The number of hydrogen-bond donors (Lipinski definition) is 2. The zero-order chi connectivity index (χ0) is 18.9. The first-order valence-corrected chi connectivity index (χ1v) is 9.25. The van der Waals surface area contributed by atoms with Crippen molar-refractivity contribution < 1.29 is 9.53 Å². The molecule has 0 aliphatic heterocycles. The fourth-order valence-electron chi connectivity index (χ4n) is 2.22. The lowest BCUT2D eigenvalue weighted by atomic mass is 10.1. The molecule has 0 aliphatic rings. The molecule has 8 heteroatoms. The Bertz CT molecular complexity index is 748. The number of thiophene rings is 1. The fourth-order valence-corrected chi connectivity index (χ4v) is 2.87. The summed E-state index contributed by atoms with van der Waals surface area (Å²) in [7, 11) is 5.13. The minimum Gasteiger partial charge on any atom is -0.496 e. The lowest BCUT2D eigenvalue weighted by molar-refractivity contribution is -0.127. The van der Waals surface area contributed by atoms with Gasteiger partial charge in [-0.15, -0.1) is 35.3 Å². The number of ether oxygens (including phenoxy) is 1. The summed E-state index contributed by atoms with van der Waals surface area (Å²) < 4.78 is 5.44. The van der Waals surface area contributed by atoms with Crippen LogP contribution in [0.25, 0.3) is 0 Å². The van der Waals surface area contributed by atoms with Crippen LogP contribution >= 0.6 is 35.3 Å². The van der Waals surface area contributed by atoms with Gasteiger partial charge in [-0.25, -0.2) is 4.99 Å². The van der Waals surface area contributed by atoms with Gasteiger partial charge in [-0.05, 0) is 30.0 Å². The van der Waals surface area contributed by atoms with Crippen molar-refractivity contribution >= 4 is 47.2 Å². The molecule has 2 N–H and O–H groups in total. The second-order valence-electron chi connectivity index (χ2n) is 6.05. The van der Waals surface area contributed by atoms with E-state index in [2.05, 4.69) is 21.7 Å². The van der Waals surface area contributed by atoms with Crippen molar-refractivity contribution in [3.63, 3.8) is 0 Å². The van der Waals surface area contributed by atoms with E-state index in [-0.39, 0.29) is 36.4 Å². The van der Waals surface area contributed by atoms with Crippen molar-refractivity contribution in [1.29, 1.82) is 0 Å². The SMILES string of the molecule is COc1cc(C)ccc1CN=C(NCC(=O)N(C)C)NCc1cccs1.I. The average Bonchev–Trinajstić information content (AvgIpc) is 3.14. The van der Waals surface area contributed by atoms with Gasteiger partial charge in [0.15, 0.2) is 5.96 Å². The Kier molecular flexibility index (Phi) is 10.2. The van der Waals surface area contributed by atoms with Gasteiger partial charge in [-0.2, -0.15) is 0 Å². The number of hydrogen-bond acceptors (Lipinski definition) is 4. The molecular formula is C19H27IN4O2S. The zero-order valence-corrected chi connectivity index (χ0v) is 19.3. The highest BCUT2D eigenvalue weighted by atomic mass is 127. The van der Waals surface area contributed by atoms with Crippen LogP contribution in [0.3, 0.4) is 0 Å². The van der Waals surface area contributed by atoms with Crippen molar-refractivity contribution in [3.05, 3.63) is 51.7 Å². The van der Waals surface area contributed by atoms with Crippen LogP contribution in [-0.4, -0.2) is 44.5 Å². The Hall–Kier alpha value is -1.81. The Morgan fingerprint density at radius 1 is 1.26 bits per heavy atom. The second kappa shape index (κ2) is 11.8. The van der Waals surface area contributed by atoms with E-state index in [0.717, 1.165) is 16.9 Å². The number of aliphatic imine (C=N–C) groups is 1. The summed E-state index contributed by atoms with van der Waals surface area (Å²) in [4.78, 5) is 19.2. The Labute approximate surface area is 182 Å².